The van der Waals surface area contributed by atoms with Crippen LogP contribution in [0.4, 0.5) is 4.79 Å². The van der Waals surface area contributed by atoms with Gasteiger partial charge in [-0.15, -0.1) is 0 Å². The van der Waals surface area contributed by atoms with Crippen LogP contribution in [-0.4, -0.2) is 40.7 Å². The van der Waals surface area contributed by atoms with Crippen molar-refractivity contribution in [2.24, 2.45) is 0 Å². The molecule has 0 aliphatic rings. The molecule has 1 amide bonds. The van der Waals surface area contributed by atoms with Crippen molar-refractivity contribution in [3.05, 3.63) is 12.7 Å². The maximum atomic E-state index is 11.1. The Morgan fingerprint density at radius 1 is 1.53 bits per heavy atom. The summed E-state index contributed by atoms with van der Waals surface area (Å²) in [6, 6.07) is -1.06. The van der Waals surface area contributed by atoms with Gasteiger partial charge in [-0.2, -0.15) is 0 Å². The van der Waals surface area contributed by atoms with Crippen LogP contribution in [0.5, 0.6) is 0 Å². The molecular weight excluding hydrogens is 246 g/mol. The first-order chi connectivity index (χ1) is 7.97. The lowest BCUT2D eigenvalue weighted by atomic mass is 10.2. The van der Waals surface area contributed by atoms with Crippen LogP contribution in [0.15, 0.2) is 12.7 Å². The summed E-state index contributed by atoms with van der Waals surface area (Å²) < 4.78 is 4.59. The first-order valence-electron chi connectivity index (χ1n) is 4.87. The molecule has 0 rings (SSSR count). The molecule has 0 saturated carbocycles. The van der Waals surface area contributed by atoms with E-state index in [4.69, 9.17) is 5.11 Å². The van der Waals surface area contributed by atoms with Crippen LogP contribution in [-0.2, 0) is 14.3 Å². The van der Waals surface area contributed by atoms with Crippen molar-refractivity contribution in [3.63, 3.8) is 0 Å². The fourth-order valence-corrected chi connectivity index (χ4v) is 1.54. The van der Waals surface area contributed by atoms with Crippen LogP contribution in [0.3, 0.4) is 0 Å². The number of thioether (sulfide) groups is 1. The molecule has 0 aliphatic heterocycles. The van der Waals surface area contributed by atoms with Gasteiger partial charge in [0.05, 0.1) is 0 Å². The van der Waals surface area contributed by atoms with E-state index >= 15 is 0 Å². The zero-order valence-corrected chi connectivity index (χ0v) is 10.3. The van der Waals surface area contributed by atoms with Crippen LogP contribution in [0.25, 0.3) is 0 Å². The monoisotopic (exact) mass is 261 g/mol. The number of hydrogen-bond donors (Lipinski definition) is 2. The molecule has 2 N–H and O–H groups in total. The van der Waals surface area contributed by atoms with Gasteiger partial charge in [-0.05, 0) is 6.42 Å². The number of hydrogen-bond acceptors (Lipinski definition) is 5. The van der Waals surface area contributed by atoms with E-state index in [1.807, 2.05) is 0 Å². The summed E-state index contributed by atoms with van der Waals surface area (Å²) in [5, 5.41) is 10.9. The highest BCUT2D eigenvalue weighted by Crippen LogP contribution is 2.06. The second-order valence-corrected chi connectivity index (χ2v) is 4.32. The summed E-state index contributed by atoms with van der Waals surface area (Å²) in [7, 11) is 0. The van der Waals surface area contributed by atoms with Crippen molar-refractivity contribution in [2.75, 3.05) is 12.4 Å². The Morgan fingerprint density at radius 3 is 2.65 bits per heavy atom. The summed E-state index contributed by atoms with van der Waals surface area (Å²) in [5.74, 6) is -0.835. The molecule has 0 aromatic carbocycles. The molecule has 0 aromatic heterocycles. The van der Waals surface area contributed by atoms with Gasteiger partial charge < -0.3 is 15.2 Å². The third-order valence-electron chi connectivity index (χ3n) is 1.63. The number of carboxylic acid groups (broad SMARTS) is 1. The lowest BCUT2D eigenvalue weighted by Gasteiger charge is -2.13. The normalized spacial score (nSPS) is 11.4. The fourth-order valence-electron chi connectivity index (χ4n) is 0.896. The van der Waals surface area contributed by atoms with Gasteiger partial charge in [-0.25, -0.2) is 9.59 Å². The molecule has 7 heteroatoms. The zero-order valence-electron chi connectivity index (χ0n) is 9.47. The minimum atomic E-state index is -1.16. The number of amides is 1. The summed E-state index contributed by atoms with van der Waals surface area (Å²) in [4.78, 5) is 32.5. The van der Waals surface area contributed by atoms with Crippen LogP contribution in [0.2, 0.25) is 0 Å². The Bertz CT molecular complexity index is 305. The van der Waals surface area contributed by atoms with E-state index in [1.54, 1.807) is 0 Å². The Hall–Kier alpha value is -1.50. The number of carbonyl (C=O) groups is 3. The highest BCUT2D eigenvalue weighted by molar-refractivity contribution is 8.13. The van der Waals surface area contributed by atoms with Gasteiger partial charge in [-0.3, -0.25) is 4.79 Å². The van der Waals surface area contributed by atoms with Gasteiger partial charge in [-0.1, -0.05) is 24.4 Å². The third kappa shape index (κ3) is 8.32. The quantitative estimate of drug-likeness (QED) is 0.665. The van der Waals surface area contributed by atoms with Gasteiger partial charge in [0.1, 0.15) is 12.6 Å². The highest BCUT2D eigenvalue weighted by Gasteiger charge is 2.20. The van der Waals surface area contributed by atoms with Crippen LogP contribution >= 0.6 is 11.8 Å². The molecule has 0 saturated heterocycles. The third-order valence-corrected chi connectivity index (χ3v) is 2.48. The van der Waals surface area contributed by atoms with E-state index in [0.29, 0.717) is 5.75 Å². The second-order valence-electron chi connectivity index (χ2n) is 3.05. The van der Waals surface area contributed by atoms with E-state index in [2.05, 4.69) is 16.6 Å². The van der Waals surface area contributed by atoms with Crippen molar-refractivity contribution in [2.45, 2.75) is 19.4 Å². The largest absolute Gasteiger partial charge is 0.480 e. The van der Waals surface area contributed by atoms with Crippen LogP contribution in [0.1, 0.15) is 13.3 Å². The highest BCUT2D eigenvalue weighted by atomic mass is 32.2. The summed E-state index contributed by atoms with van der Waals surface area (Å²) >= 11 is 1.01. The molecule has 1 atom stereocenters. The Balaban J connectivity index is 4.05. The number of nitrogens with one attached hydrogen (secondary N) is 1. The lowest BCUT2D eigenvalue weighted by Crippen LogP contribution is -2.41. The molecular formula is C10H15NO5S. The van der Waals surface area contributed by atoms with Crippen LogP contribution in [0, 0.1) is 0 Å². The molecule has 0 bridgehead atoms. The molecule has 0 unspecified atom stereocenters. The predicted molar refractivity (Wildman–Crippen MR) is 63.9 cm³/mol. The number of carbonyl (C=O) groups excluding carboxylic acids is 2. The van der Waals surface area contributed by atoms with E-state index in [9.17, 15) is 14.4 Å². The van der Waals surface area contributed by atoms with E-state index in [1.165, 1.54) is 13.0 Å². The Kier molecular flexibility index (Phi) is 7.87. The van der Waals surface area contributed by atoms with Gasteiger partial charge in [0, 0.05) is 12.7 Å². The average molecular weight is 261 g/mol. The number of ether oxygens (including phenoxy) is 1. The van der Waals surface area contributed by atoms with Crippen molar-refractivity contribution < 1.29 is 24.2 Å². The molecule has 0 aliphatic carbocycles. The minimum Gasteiger partial charge on any atom is -0.480 e. The molecule has 17 heavy (non-hydrogen) atoms. The van der Waals surface area contributed by atoms with Crippen LogP contribution < -0.4 is 5.32 Å². The number of rotatable bonds is 7. The zero-order chi connectivity index (χ0) is 13.3. The second kappa shape index (κ2) is 8.63. The first-order valence-corrected chi connectivity index (χ1v) is 5.86. The number of alkyl carbamates (subject to hydrolysis) is 1. The standard InChI is InChI=1S/C10H15NO5S/c1-3-5-16-10(15)11-8(9(13)14)4-6-17-7(2)12/h3,8H,1,4-6H2,2H3,(H,11,15)(H,13,14)/t8-/m0/s1. The van der Waals surface area contributed by atoms with Crippen molar-refractivity contribution in [1.29, 1.82) is 0 Å². The van der Waals surface area contributed by atoms with E-state index < -0.39 is 18.1 Å². The molecule has 96 valence electrons. The smallest absolute Gasteiger partial charge is 0.408 e. The number of aliphatic carboxylic acids is 1. The fraction of sp³-hybridized carbons (Fsp3) is 0.500. The SMILES string of the molecule is C=CCOC(=O)N[C@@H](CCSC(C)=O)C(=O)O. The first kappa shape index (κ1) is 15.5. The molecule has 0 radical (unpaired) electrons. The maximum Gasteiger partial charge on any atom is 0.408 e. The predicted octanol–water partition coefficient (Wildman–Crippen LogP) is 1.02. The van der Waals surface area contributed by atoms with Gasteiger partial charge in [0.2, 0.25) is 0 Å². The lowest BCUT2D eigenvalue weighted by molar-refractivity contribution is -0.139. The van der Waals surface area contributed by atoms with Crippen molar-refractivity contribution >= 4 is 28.9 Å². The summed E-state index contributed by atoms with van der Waals surface area (Å²) in [5.41, 5.74) is 0. The maximum absolute atomic E-state index is 11.1. The van der Waals surface area contributed by atoms with E-state index in [-0.39, 0.29) is 18.1 Å². The summed E-state index contributed by atoms with van der Waals surface area (Å²) in [6.45, 7) is 4.76. The van der Waals surface area contributed by atoms with Gasteiger partial charge in [0.15, 0.2) is 5.12 Å². The Morgan fingerprint density at radius 2 is 2.18 bits per heavy atom. The molecule has 6 nitrogen and oxygen atoms in total. The van der Waals surface area contributed by atoms with Gasteiger partial charge in [0.25, 0.3) is 0 Å². The Labute approximate surface area is 103 Å². The van der Waals surface area contributed by atoms with Gasteiger partial charge >= 0.3 is 12.1 Å². The molecule has 0 spiro atoms. The molecule has 0 aromatic rings. The summed E-state index contributed by atoms with van der Waals surface area (Å²) in [6.07, 6.45) is 0.717. The van der Waals surface area contributed by atoms with Crippen molar-refractivity contribution in [1.82, 2.24) is 5.32 Å². The molecule has 0 heterocycles. The average Bonchev–Trinajstić information content (AvgIpc) is 2.24. The topological polar surface area (TPSA) is 92.7 Å². The van der Waals surface area contributed by atoms with Crippen molar-refractivity contribution in [3.8, 4) is 0 Å². The number of carboxylic acids is 1. The molecule has 0 fully saturated rings. The minimum absolute atomic E-state index is 0.0143. The van der Waals surface area contributed by atoms with E-state index in [0.717, 1.165) is 11.8 Å².